The summed E-state index contributed by atoms with van der Waals surface area (Å²) in [6.45, 7) is 7.40. The van der Waals surface area contributed by atoms with Crippen molar-refractivity contribution in [3.63, 3.8) is 0 Å². The minimum atomic E-state index is 0.310. The second-order valence-electron chi connectivity index (χ2n) is 4.64. The molecule has 7 heteroatoms. The molecule has 1 aromatic heterocycles. The van der Waals surface area contributed by atoms with Crippen molar-refractivity contribution in [2.75, 3.05) is 44.0 Å². The van der Waals surface area contributed by atoms with Crippen LogP contribution in [0, 0.1) is 0 Å². The van der Waals surface area contributed by atoms with Crippen molar-refractivity contribution in [1.82, 2.24) is 15.0 Å². The lowest BCUT2D eigenvalue weighted by Crippen LogP contribution is -2.12. The van der Waals surface area contributed by atoms with E-state index in [1.54, 1.807) is 7.11 Å². The normalized spacial score (nSPS) is 10.4. The van der Waals surface area contributed by atoms with E-state index in [0.29, 0.717) is 17.9 Å². The first-order chi connectivity index (χ1) is 10.3. The van der Waals surface area contributed by atoms with Crippen LogP contribution in [0.2, 0.25) is 0 Å². The minimum absolute atomic E-state index is 0.310. The van der Waals surface area contributed by atoms with Crippen molar-refractivity contribution in [2.24, 2.45) is 0 Å². The second kappa shape index (κ2) is 11.1. The number of rotatable bonds is 12. The van der Waals surface area contributed by atoms with Crippen molar-refractivity contribution in [2.45, 2.75) is 39.5 Å². The van der Waals surface area contributed by atoms with Gasteiger partial charge in [0.15, 0.2) is 0 Å². The van der Waals surface area contributed by atoms with Gasteiger partial charge in [-0.3, -0.25) is 0 Å². The third-order valence-electron chi connectivity index (χ3n) is 2.72. The summed E-state index contributed by atoms with van der Waals surface area (Å²) in [5.74, 6) is 1.06. The molecule has 21 heavy (non-hydrogen) atoms. The molecule has 0 spiro atoms. The summed E-state index contributed by atoms with van der Waals surface area (Å²) >= 11 is 0. The van der Waals surface area contributed by atoms with Crippen molar-refractivity contribution in [3.05, 3.63) is 0 Å². The SMILES string of the molecule is CCCCOCCCNc1nc(NCCC)nc(OC)n1. The molecule has 0 aromatic carbocycles. The Bertz CT molecular complexity index is 390. The van der Waals surface area contributed by atoms with Crippen LogP contribution >= 0.6 is 0 Å². The Morgan fingerprint density at radius 3 is 2.14 bits per heavy atom. The highest BCUT2D eigenvalue weighted by Crippen LogP contribution is 2.10. The quantitative estimate of drug-likeness (QED) is 0.573. The molecule has 1 aromatic rings. The van der Waals surface area contributed by atoms with Gasteiger partial charge >= 0.3 is 6.01 Å². The van der Waals surface area contributed by atoms with E-state index in [0.717, 1.165) is 52.0 Å². The molecular weight excluding hydrogens is 270 g/mol. The van der Waals surface area contributed by atoms with Gasteiger partial charge in [0.05, 0.1) is 7.11 Å². The Kier molecular flexibility index (Phi) is 9.19. The van der Waals surface area contributed by atoms with Gasteiger partial charge in [-0.1, -0.05) is 20.3 Å². The molecule has 0 unspecified atom stereocenters. The third kappa shape index (κ3) is 7.65. The van der Waals surface area contributed by atoms with Crippen LogP contribution in [0.3, 0.4) is 0 Å². The van der Waals surface area contributed by atoms with E-state index in [2.05, 4.69) is 39.4 Å². The van der Waals surface area contributed by atoms with Crippen LogP contribution < -0.4 is 15.4 Å². The van der Waals surface area contributed by atoms with Crippen LogP contribution in [0.25, 0.3) is 0 Å². The fourth-order valence-electron chi connectivity index (χ4n) is 1.57. The van der Waals surface area contributed by atoms with Crippen LogP contribution in [-0.4, -0.2) is 48.4 Å². The Labute approximate surface area is 126 Å². The van der Waals surface area contributed by atoms with E-state index in [-0.39, 0.29) is 0 Å². The molecule has 0 aliphatic carbocycles. The van der Waals surface area contributed by atoms with Crippen molar-refractivity contribution < 1.29 is 9.47 Å². The largest absolute Gasteiger partial charge is 0.467 e. The standard InChI is InChI=1S/C14H27N5O2/c1-4-6-10-21-11-7-9-16-13-17-12(15-8-5-2)18-14(19-13)20-3/h4-11H2,1-3H3,(H2,15,16,17,18,19). The predicted octanol–water partition coefficient (Wildman–Crippen LogP) is 2.32. The lowest BCUT2D eigenvalue weighted by atomic mass is 10.4. The fraction of sp³-hybridized carbons (Fsp3) is 0.786. The smallest absolute Gasteiger partial charge is 0.322 e. The average Bonchev–Trinajstić information content (AvgIpc) is 2.51. The van der Waals surface area contributed by atoms with E-state index < -0.39 is 0 Å². The highest BCUT2D eigenvalue weighted by atomic mass is 16.5. The van der Waals surface area contributed by atoms with Crippen LogP contribution in [0.5, 0.6) is 6.01 Å². The van der Waals surface area contributed by atoms with E-state index in [4.69, 9.17) is 9.47 Å². The Hall–Kier alpha value is -1.63. The van der Waals surface area contributed by atoms with Crippen molar-refractivity contribution >= 4 is 11.9 Å². The number of nitrogens with one attached hydrogen (secondary N) is 2. The van der Waals surface area contributed by atoms with Crippen LogP contribution in [-0.2, 0) is 4.74 Å². The lowest BCUT2D eigenvalue weighted by Gasteiger charge is -2.09. The Morgan fingerprint density at radius 1 is 0.857 bits per heavy atom. The van der Waals surface area contributed by atoms with Crippen LogP contribution in [0.4, 0.5) is 11.9 Å². The molecule has 2 N–H and O–H groups in total. The molecule has 0 atom stereocenters. The number of anilines is 2. The van der Waals surface area contributed by atoms with Gasteiger partial charge in [-0.2, -0.15) is 15.0 Å². The molecule has 120 valence electrons. The topological polar surface area (TPSA) is 81.2 Å². The summed E-state index contributed by atoms with van der Waals surface area (Å²) in [5.41, 5.74) is 0. The highest BCUT2D eigenvalue weighted by molar-refractivity contribution is 5.35. The minimum Gasteiger partial charge on any atom is -0.467 e. The summed E-state index contributed by atoms with van der Waals surface area (Å²) in [4.78, 5) is 12.6. The van der Waals surface area contributed by atoms with Crippen molar-refractivity contribution in [1.29, 1.82) is 0 Å². The predicted molar refractivity (Wildman–Crippen MR) is 84.0 cm³/mol. The molecule has 0 fully saturated rings. The van der Waals surface area contributed by atoms with Gasteiger partial charge in [-0.25, -0.2) is 0 Å². The molecular formula is C14H27N5O2. The van der Waals surface area contributed by atoms with Gasteiger partial charge < -0.3 is 20.1 Å². The van der Waals surface area contributed by atoms with Gasteiger partial charge in [0.2, 0.25) is 11.9 Å². The summed E-state index contributed by atoms with van der Waals surface area (Å²) in [5, 5.41) is 6.29. The number of aromatic nitrogens is 3. The summed E-state index contributed by atoms with van der Waals surface area (Å²) in [6.07, 6.45) is 4.20. The maximum absolute atomic E-state index is 5.50. The number of ether oxygens (including phenoxy) is 2. The average molecular weight is 297 g/mol. The molecule has 0 aliphatic heterocycles. The number of hydrogen-bond acceptors (Lipinski definition) is 7. The number of unbranched alkanes of at least 4 members (excludes halogenated alkanes) is 1. The number of methoxy groups -OCH3 is 1. The summed E-state index contributed by atoms with van der Waals surface area (Å²) in [6, 6.07) is 0.310. The maximum atomic E-state index is 5.50. The Morgan fingerprint density at radius 2 is 1.52 bits per heavy atom. The zero-order valence-corrected chi connectivity index (χ0v) is 13.3. The van der Waals surface area contributed by atoms with Gasteiger partial charge in [-0.05, 0) is 19.3 Å². The zero-order valence-electron chi connectivity index (χ0n) is 13.3. The highest BCUT2D eigenvalue weighted by Gasteiger charge is 2.05. The lowest BCUT2D eigenvalue weighted by molar-refractivity contribution is 0.131. The van der Waals surface area contributed by atoms with Gasteiger partial charge in [-0.15, -0.1) is 0 Å². The maximum Gasteiger partial charge on any atom is 0.322 e. The van der Waals surface area contributed by atoms with Gasteiger partial charge in [0, 0.05) is 26.3 Å². The molecule has 0 saturated carbocycles. The molecule has 0 amide bonds. The first-order valence-corrected chi connectivity index (χ1v) is 7.65. The van der Waals surface area contributed by atoms with E-state index >= 15 is 0 Å². The summed E-state index contributed by atoms with van der Waals surface area (Å²) < 4.78 is 10.6. The monoisotopic (exact) mass is 297 g/mol. The molecule has 0 radical (unpaired) electrons. The summed E-state index contributed by atoms with van der Waals surface area (Å²) in [7, 11) is 1.55. The second-order valence-corrected chi connectivity index (χ2v) is 4.64. The van der Waals surface area contributed by atoms with E-state index in [1.807, 2.05) is 0 Å². The molecule has 0 bridgehead atoms. The zero-order chi connectivity index (χ0) is 15.3. The fourth-order valence-corrected chi connectivity index (χ4v) is 1.57. The third-order valence-corrected chi connectivity index (χ3v) is 2.72. The Balaban J connectivity index is 2.35. The van der Waals surface area contributed by atoms with Crippen LogP contribution in [0.1, 0.15) is 39.5 Å². The number of hydrogen-bond donors (Lipinski definition) is 2. The van der Waals surface area contributed by atoms with Gasteiger partial charge in [0.1, 0.15) is 0 Å². The van der Waals surface area contributed by atoms with Crippen LogP contribution in [0.15, 0.2) is 0 Å². The molecule has 7 nitrogen and oxygen atoms in total. The molecule has 0 saturated heterocycles. The molecule has 1 rings (SSSR count). The van der Waals surface area contributed by atoms with Gasteiger partial charge in [0.25, 0.3) is 0 Å². The first kappa shape index (κ1) is 17.4. The van der Waals surface area contributed by atoms with E-state index in [9.17, 15) is 0 Å². The van der Waals surface area contributed by atoms with Crippen molar-refractivity contribution in [3.8, 4) is 6.01 Å². The number of nitrogens with zero attached hydrogens (tertiary/aromatic N) is 3. The first-order valence-electron chi connectivity index (χ1n) is 7.65. The molecule has 0 aliphatic rings. The molecule has 1 heterocycles. The van der Waals surface area contributed by atoms with E-state index in [1.165, 1.54) is 0 Å².